The second-order valence-corrected chi connectivity index (χ2v) is 3.07. The Morgan fingerprint density at radius 3 is 2.71 bits per heavy atom. The molecule has 4 heteroatoms. The Labute approximate surface area is 81.1 Å². The van der Waals surface area contributed by atoms with Crippen LogP contribution in [-0.2, 0) is 15.1 Å². The maximum absolute atomic E-state index is 12.8. The fourth-order valence-corrected chi connectivity index (χ4v) is 1.11. The Kier molecular flexibility index (Phi) is 2.86. The zero-order chi connectivity index (χ0) is 10.8. The molecule has 0 unspecified atom stereocenters. The van der Waals surface area contributed by atoms with Crippen molar-refractivity contribution in [2.45, 2.75) is 12.5 Å². The lowest BCUT2D eigenvalue weighted by molar-refractivity contribution is -0.161. The predicted octanol–water partition coefficient (Wildman–Crippen LogP) is 1.21. The average Bonchev–Trinajstić information content (AvgIpc) is 2.16. The van der Waals surface area contributed by atoms with E-state index in [9.17, 15) is 14.3 Å². The van der Waals surface area contributed by atoms with E-state index in [1.165, 1.54) is 25.1 Å². The van der Waals surface area contributed by atoms with Crippen molar-refractivity contribution in [1.29, 1.82) is 0 Å². The van der Waals surface area contributed by atoms with Crippen molar-refractivity contribution in [3.8, 4) is 0 Å². The van der Waals surface area contributed by atoms with E-state index in [2.05, 4.69) is 4.74 Å². The molecular formula is C10H11FO3. The van der Waals surface area contributed by atoms with Crippen LogP contribution in [0.2, 0.25) is 0 Å². The number of esters is 1. The maximum Gasteiger partial charge on any atom is 0.342 e. The Bertz CT molecular complexity index is 347. The summed E-state index contributed by atoms with van der Waals surface area (Å²) < 4.78 is 17.2. The van der Waals surface area contributed by atoms with Crippen molar-refractivity contribution in [1.82, 2.24) is 0 Å². The van der Waals surface area contributed by atoms with Crippen molar-refractivity contribution in [3.05, 3.63) is 35.6 Å². The Balaban J connectivity index is 3.09. The molecule has 3 nitrogen and oxygen atoms in total. The molecule has 1 aromatic carbocycles. The van der Waals surface area contributed by atoms with E-state index in [1.54, 1.807) is 0 Å². The fraction of sp³-hybridized carbons (Fsp3) is 0.300. The molecule has 0 spiro atoms. The Morgan fingerprint density at radius 2 is 2.21 bits per heavy atom. The van der Waals surface area contributed by atoms with Gasteiger partial charge in [0.05, 0.1) is 7.11 Å². The van der Waals surface area contributed by atoms with Gasteiger partial charge in [0.1, 0.15) is 5.82 Å². The number of aliphatic hydroxyl groups is 1. The van der Waals surface area contributed by atoms with Crippen LogP contribution >= 0.6 is 0 Å². The van der Waals surface area contributed by atoms with E-state index in [0.717, 1.165) is 13.2 Å². The molecule has 1 atom stereocenters. The average molecular weight is 198 g/mol. The van der Waals surface area contributed by atoms with Gasteiger partial charge in [0.25, 0.3) is 0 Å². The molecule has 0 radical (unpaired) electrons. The van der Waals surface area contributed by atoms with Gasteiger partial charge in [-0.1, -0.05) is 12.1 Å². The third-order valence-electron chi connectivity index (χ3n) is 1.97. The molecule has 0 bridgehead atoms. The molecular weight excluding hydrogens is 187 g/mol. The van der Waals surface area contributed by atoms with Crippen molar-refractivity contribution >= 4 is 5.97 Å². The maximum atomic E-state index is 12.8. The number of carbonyl (C=O) groups excluding carboxylic acids is 1. The minimum atomic E-state index is -1.81. The molecule has 0 saturated heterocycles. The van der Waals surface area contributed by atoms with E-state index < -0.39 is 17.4 Å². The summed E-state index contributed by atoms with van der Waals surface area (Å²) in [7, 11) is 1.16. The highest BCUT2D eigenvalue weighted by atomic mass is 19.1. The predicted molar refractivity (Wildman–Crippen MR) is 48.0 cm³/mol. The number of rotatable bonds is 2. The van der Waals surface area contributed by atoms with Crippen molar-refractivity contribution in [2.75, 3.05) is 7.11 Å². The van der Waals surface area contributed by atoms with Crippen LogP contribution in [0, 0.1) is 5.82 Å². The van der Waals surface area contributed by atoms with Gasteiger partial charge in [-0.05, 0) is 24.6 Å². The molecule has 0 aliphatic heterocycles. The van der Waals surface area contributed by atoms with Gasteiger partial charge in [-0.25, -0.2) is 9.18 Å². The lowest BCUT2D eigenvalue weighted by Crippen LogP contribution is -2.33. The largest absolute Gasteiger partial charge is 0.467 e. The van der Waals surface area contributed by atoms with E-state index >= 15 is 0 Å². The normalized spacial score (nSPS) is 14.6. The minimum absolute atomic E-state index is 0.171. The molecule has 1 N–H and O–H groups in total. The van der Waals surface area contributed by atoms with Crippen LogP contribution in [0.15, 0.2) is 24.3 Å². The third kappa shape index (κ3) is 1.90. The van der Waals surface area contributed by atoms with Gasteiger partial charge < -0.3 is 9.84 Å². The van der Waals surface area contributed by atoms with Crippen LogP contribution in [0.1, 0.15) is 12.5 Å². The number of hydrogen-bond donors (Lipinski definition) is 1. The van der Waals surface area contributed by atoms with Crippen LogP contribution in [0.25, 0.3) is 0 Å². The smallest absolute Gasteiger partial charge is 0.342 e. The van der Waals surface area contributed by atoms with Gasteiger partial charge >= 0.3 is 5.97 Å². The summed E-state index contributed by atoms with van der Waals surface area (Å²) in [6.45, 7) is 1.26. The van der Waals surface area contributed by atoms with Crippen LogP contribution in [0.4, 0.5) is 4.39 Å². The molecule has 0 aliphatic rings. The lowest BCUT2D eigenvalue weighted by Gasteiger charge is -2.20. The molecule has 0 aromatic heterocycles. The highest BCUT2D eigenvalue weighted by Crippen LogP contribution is 2.22. The van der Waals surface area contributed by atoms with Crippen LogP contribution in [0.3, 0.4) is 0 Å². The lowest BCUT2D eigenvalue weighted by atomic mass is 9.96. The second-order valence-electron chi connectivity index (χ2n) is 3.07. The zero-order valence-corrected chi connectivity index (χ0v) is 7.95. The molecule has 1 aromatic rings. The first-order valence-electron chi connectivity index (χ1n) is 4.05. The monoisotopic (exact) mass is 198 g/mol. The van der Waals surface area contributed by atoms with Crippen molar-refractivity contribution in [3.63, 3.8) is 0 Å². The third-order valence-corrected chi connectivity index (χ3v) is 1.97. The van der Waals surface area contributed by atoms with Crippen LogP contribution in [-0.4, -0.2) is 18.2 Å². The van der Waals surface area contributed by atoms with E-state index in [0.29, 0.717) is 0 Å². The first-order valence-corrected chi connectivity index (χ1v) is 4.05. The number of benzene rings is 1. The first-order chi connectivity index (χ1) is 6.48. The minimum Gasteiger partial charge on any atom is -0.467 e. The number of methoxy groups -OCH3 is 1. The standard InChI is InChI=1S/C10H11FO3/c1-10(13,9(12)14-2)7-4-3-5-8(11)6-7/h3-6,13H,1-2H3/t10-/m1/s1. The summed E-state index contributed by atoms with van der Waals surface area (Å²) in [6.07, 6.45) is 0. The van der Waals surface area contributed by atoms with Gasteiger partial charge in [0.15, 0.2) is 5.60 Å². The summed E-state index contributed by atoms with van der Waals surface area (Å²) in [6, 6.07) is 5.20. The Hall–Kier alpha value is -1.42. The van der Waals surface area contributed by atoms with Gasteiger partial charge in [-0.2, -0.15) is 0 Å². The molecule has 0 heterocycles. The van der Waals surface area contributed by atoms with Gasteiger partial charge in [0.2, 0.25) is 0 Å². The molecule has 0 aliphatic carbocycles. The summed E-state index contributed by atoms with van der Waals surface area (Å²) >= 11 is 0. The molecule has 0 fully saturated rings. The van der Waals surface area contributed by atoms with Crippen LogP contribution in [0.5, 0.6) is 0 Å². The van der Waals surface area contributed by atoms with E-state index in [-0.39, 0.29) is 5.56 Å². The fourth-order valence-electron chi connectivity index (χ4n) is 1.11. The topological polar surface area (TPSA) is 46.5 Å². The molecule has 76 valence electrons. The summed E-state index contributed by atoms with van der Waals surface area (Å²) in [5.74, 6) is -1.32. The van der Waals surface area contributed by atoms with Crippen LogP contribution < -0.4 is 0 Å². The SMILES string of the molecule is COC(=O)[C@](C)(O)c1cccc(F)c1. The highest BCUT2D eigenvalue weighted by Gasteiger charge is 2.33. The van der Waals surface area contributed by atoms with Crippen molar-refractivity contribution in [2.24, 2.45) is 0 Å². The number of carbonyl (C=O) groups is 1. The summed E-state index contributed by atoms with van der Waals surface area (Å²) in [4.78, 5) is 11.2. The summed E-state index contributed by atoms with van der Waals surface area (Å²) in [5.41, 5.74) is -1.64. The number of ether oxygens (including phenoxy) is 1. The van der Waals surface area contributed by atoms with Crippen molar-refractivity contribution < 1.29 is 19.0 Å². The molecule has 1 rings (SSSR count). The second kappa shape index (κ2) is 3.75. The molecule has 0 saturated carbocycles. The van der Waals surface area contributed by atoms with Gasteiger partial charge in [-0.3, -0.25) is 0 Å². The van der Waals surface area contributed by atoms with E-state index in [4.69, 9.17) is 0 Å². The zero-order valence-electron chi connectivity index (χ0n) is 7.95. The molecule has 14 heavy (non-hydrogen) atoms. The number of hydrogen-bond acceptors (Lipinski definition) is 3. The molecule has 0 amide bonds. The first kappa shape index (κ1) is 10.7. The summed E-state index contributed by atoms with van der Waals surface area (Å²) in [5, 5.41) is 9.74. The Morgan fingerprint density at radius 1 is 1.57 bits per heavy atom. The van der Waals surface area contributed by atoms with Gasteiger partial charge in [0, 0.05) is 0 Å². The highest BCUT2D eigenvalue weighted by molar-refractivity contribution is 5.80. The quantitative estimate of drug-likeness (QED) is 0.726. The number of halogens is 1. The van der Waals surface area contributed by atoms with Gasteiger partial charge in [-0.15, -0.1) is 0 Å². The van der Waals surface area contributed by atoms with E-state index in [1.807, 2.05) is 0 Å².